The molecule has 1 unspecified atom stereocenters. The van der Waals surface area contributed by atoms with Gasteiger partial charge in [0.1, 0.15) is 5.75 Å². The van der Waals surface area contributed by atoms with Gasteiger partial charge in [0.2, 0.25) is 0 Å². The van der Waals surface area contributed by atoms with Crippen LogP contribution in [0.1, 0.15) is 31.4 Å². The fraction of sp³-hybridized carbons (Fsp3) is 0.647. The van der Waals surface area contributed by atoms with Crippen LogP contribution in [0.2, 0.25) is 0 Å². The standard InChI is InChI=1S/C17H17F11O2/c1-3-8-30-11-6-4-10(5-7-11)12(29-2)9-13(18,19)14(20,21)15(22,23)16(24,25)17(26,27)28/h4-7,12H,3,8-9H2,1-2H3. The molecule has 0 aliphatic carbocycles. The molecule has 0 N–H and O–H groups in total. The highest BCUT2D eigenvalue weighted by atomic mass is 19.4. The molecular formula is C17H17F11O2. The Balaban J connectivity index is 3.19. The molecule has 0 amide bonds. The maximum absolute atomic E-state index is 13.9. The second-order valence-corrected chi connectivity index (χ2v) is 6.27. The maximum atomic E-state index is 13.9. The predicted octanol–water partition coefficient (Wildman–Crippen LogP) is 6.66. The average Bonchev–Trinajstić information content (AvgIpc) is 2.63. The van der Waals surface area contributed by atoms with Gasteiger partial charge in [0, 0.05) is 13.5 Å². The lowest BCUT2D eigenvalue weighted by molar-refractivity contribution is -0.423. The Hall–Kier alpha value is -1.79. The summed E-state index contributed by atoms with van der Waals surface area (Å²) < 4.78 is 154. The Morgan fingerprint density at radius 1 is 0.767 bits per heavy atom. The molecule has 0 fully saturated rings. The molecule has 13 heteroatoms. The highest BCUT2D eigenvalue weighted by Crippen LogP contribution is 2.58. The zero-order valence-electron chi connectivity index (χ0n) is 15.5. The molecule has 0 aliphatic heterocycles. The third-order valence-corrected chi connectivity index (χ3v) is 4.06. The summed E-state index contributed by atoms with van der Waals surface area (Å²) in [6, 6.07) is 4.57. The Bertz CT molecular complexity index is 684. The molecule has 0 aromatic heterocycles. The average molecular weight is 462 g/mol. The Morgan fingerprint density at radius 3 is 1.67 bits per heavy atom. The fourth-order valence-electron chi connectivity index (χ4n) is 2.30. The van der Waals surface area contributed by atoms with Crippen LogP contribution in [-0.2, 0) is 4.74 Å². The van der Waals surface area contributed by atoms with Crippen molar-refractivity contribution in [1.82, 2.24) is 0 Å². The van der Waals surface area contributed by atoms with Crippen molar-refractivity contribution in [3.05, 3.63) is 29.8 Å². The summed E-state index contributed by atoms with van der Waals surface area (Å²) in [4.78, 5) is 0. The molecular weight excluding hydrogens is 445 g/mol. The van der Waals surface area contributed by atoms with Crippen LogP contribution in [0, 0.1) is 0 Å². The zero-order valence-corrected chi connectivity index (χ0v) is 15.5. The smallest absolute Gasteiger partial charge is 0.460 e. The lowest BCUT2D eigenvalue weighted by atomic mass is 9.92. The first kappa shape index (κ1) is 26.2. The van der Waals surface area contributed by atoms with E-state index in [4.69, 9.17) is 4.74 Å². The van der Waals surface area contributed by atoms with E-state index in [9.17, 15) is 48.3 Å². The van der Waals surface area contributed by atoms with Crippen LogP contribution in [0.15, 0.2) is 24.3 Å². The van der Waals surface area contributed by atoms with E-state index in [-0.39, 0.29) is 11.3 Å². The topological polar surface area (TPSA) is 18.5 Å². The number of hydrogen-bond acceptors (Lipinski definition) is 2. The maximum Gasteiger partial charge on any atom is 0.460 e. The van der Waals surface area contributed by atoms with Gasteiger partial charge in [0.25, 0.3) is 0 Å². The second-order valence-electron chi connectivity index (χ2n) is 6.27. The molecule has 1 atom stereocenters. The van der Waals surface area contributed by atoms with Gasteiger partial charge in [-0.15, -0.1) is 0 Å². The van der Waals surface area contributed by atoms with Crippen molar-refractivity contribution in [3.63, 3.8) is 0 Å². The minimum atomic E-state index is -7.43. The number of ether oxygens (including phenoxy) is 2. The first-order valence-electron chi connectivity index (χ1n) is 8.29. The summed E-state index contributed by atoms with van der Waals surface area (Å²) >= 11 is 0. The third-order valence-electron chi connectivity index (χ3n) is 4.06. The van der Waals surface area contributed by atoms with Crippen molar-refractivity contribution < 1.29 is 57.8 Å². The Labute approximate surface area is 163 Å². The number of halogens is 11. The summed E-state index contributed by atoms with van der Waals surface area (Å²) in [5, 5.41) is 0. The van der Waals surface area contributed by atoms with E-state index in [1.54, 1.807) is 6.92 Å². The first-order chi connectivity index (χ1) is 13.5. The van der Waals surface area contributed by atoms with E-state index in [1.165, 1.54) is 12.1 Å². The summed E-state index contributed by atoms with van der Waals surface area (Å²) in [7, 11) is 0.739. The van der Waals surface area contributed by atoms with Crippen LogP contribution in [0.25, 0.3) is 0 Å². The van der Waals surface area contributed by atoms with E-state index >= 15 is 0 Å². The van der Waals surface area contributed by atoms with Crippen molar-refractivity contribution in [2.24, 2.45) is 0 Å². The summed E-state index contributed by atoms with van der Waals surface area (Å²) in [6.45, 7) is 2.08. The van der Waals surface area contributed by atoms with Crippen LogP contribution in [-0.4, -0.2) is 43.6 Å². The van der Waals surface area contributed by atoms with E-state index < -0.39 is 42.4 Å². The summed E-state index contributed by atoms with van der Waals surface area (Å²) in [6.07, 6.45) is -10.9. The summed E-state index contributed by atoms with van der Waals surface area (Å²) in [5.74, 6) is -27.6. The van der Waals surface area contributed by atoms with Crippen molar-refractivity contribution in [1.29, 1.82) is 0 Å². The molecule has 1 rings (SSSR count). The number of benzene rings is 1. The Kier molecular flexibility index (Phi) is 7.66. The minimum Gasteiger partial charge on any atom is -0.494 e. The SMILES string of the molecule is CCCOc1ccc(C(CC(F)(F)C(F)(F)C(F)(F)C(F)(F)C(F)(F)F)OC)cc1. The molecule has 0 saturated heterocycles. The second kappa shape index (κ2) is 8.75. The zero-order chi connectivity index (χ0) is 23.6. The lowest BCUT2D eigenvalue weighted by Crippen LogP contribution is -2.66. The highest BCUT2D eigenvalue weighted by molar-refractivity contribution is 5.29. The van der Waals surface area contributed by atoms with Crippen molar-refractivity contribution >= 4 is 0 Å². The monoisotopic (exact) mass is 462 g/mol. The molecule has 0 aliphatic rings. The van der Waals surface area contributed by atoms with E-state index in [2.05, 4.69) is 4.74 Å². The molecule has 174 valence electrons. The lowest BCUT2D eigenvalue weighted by Gasteiger charge is -2.38. The molecule has 1 aromatic rings. The number of hydrogen-bond donors (Lipinski definition) is 0. The van der Waals surface area contributed by atoms with Gasteiger partial charge in [-0.3, -0.25) is 0 Å². The van der Waals surface area contributed by atoms with Gasteiger partial charge >= 0.3 is 29.9 Å². The van der Waals surface area contributed by atoms with Crippen molar-refractivity contribution in [2.75, 3.05) is 13.7 Å². The molecule has 0 saturated carbocycles. The van der Waals surface area contributed by atoms with Crippen LogP contribution < -0.4 is 4.74 Å². The fourth-order valence-corrected chi connectivity index (χ4v) is 2.30. The van der Waals surface area contributed by atoms with Crippen LogP contribution in [0.4, 0.5) is 48.3 Å². The summed E-state index contributed by atoms with van der Waals surface area (Å²) in [5.41, 5.74) is -0.247. The van der Waals surface area contributed by atoms with Crippen LogP contribution in [0.5, 0.6) is 5.75 Å². The van der Waals surface area contributed by atoms with E-state index in [0.29, 0.717) is 13.0 Å². The van der Waals surface area contributed by atoms with Gasteiger partial charge in [0.15, 0.2) is 0 Å². The highest BCUT2D eigenvalue weighted by Gasteiger charge is 2.87. The molecule has 2 nitrogen and oxygen atoms in total. The number of rotatable bonds is 10. The predicted molar refractivity (Wildman–Crippen MR) is 82.4 cm³/mol. The van der Waals surface area contributed by atoms with Crippen molar-refractivity contribution in [3.8, 4) is 5.75 Å². The molecule has 30 heavy (non-hydrogen) atoms. The van der Waals surface area contributed by atoms with E-state index in [1.807, 2.05) is 0 Å². The third kappa shape index (κ3) is 4.75. The van der Waals surface area contributed by atoms with Gasteiger partial charge in [-0.2, -0.15) is 48.3 Å². The largest absolute Gasteiger partial charge is 0.494 e. The quantitative estimate of drug-likeness (QED) is 0.362. The van der Waals surface area contributed by atoms with Crippen LogP contribution in [0.3, 0.4) is 0 Å². The molecule has 1 aromatic carbocycles. The van der Waals surface area contributed by atoms with E-state index in [0.717, 1.165) is 19.2 Å². The van der Waals surface area contributed by atoms with Gasteiger partial charge < -0.3 is 9.47 Å². The molecule has 0 radical (unpaired) electrons. The molecule has 0 spiro atoms. The van der Waals surface area contributed by atoms with Crippen molar-refractivity contribution in [2.45, 2.75) is 55.7 Å². The van der Waals surface area contributed by atoms with Gasteiger partial charge in [-0.05, 0) is 24.1 Å². The number of alkyl halides is 11. The first-order valence-corrected chi connectivity index (χ1v) is 8.29. The van der Waals surface area contributed by atoms with Crippen LogP contribution >= 0.6 is 0 Å². The molecule has 0 bridgehead atoms. The normalized spacial score (nSPS) is 15.2. The van der Waals surface area contributed by atoms with Gasteiger partial charge in [-0.1, -0.05) is 19.1 Å². The van der Waals surface area contributed by atoms with Gasteiger partial charge in [0.05, 0.1) is 12.7 Å². The Morgan fingerprint density at radius 2 is 1.27 bits per heavy atom. The minimum absolute atomic E-state index is 0.247. The number of methoxy groups -OCH3 is 1. The molecule has 0 heterocycles. The van der Waals surface area contributed by atoms with Gasteiger partial charge in [-0.25, -0.2) is 0 Å².